The van der Waals surface area contributed by atoms with E-state index in [1.165, 1.54) is 24.1 Å². The Hall–Kier alpha value is -2.14. The van der Waals surface area contributed by atoms with Crippen molar-refractivity contribution in [1.29, 1.82) is 0 Å². The third-order valence-corrected chi connectivity index (χ3v) is 4.38. The molecule has 2 aromatic carbocycles. The maximum Gasteiger partial charge on any atom is 0.139 e. The Kier molecular flexibility index (Phi) is 4.24. The number of benzene rings is 2. The van der Waals surface area contributed by atoms with E-state index in [0.29, 0.717) is 17.0 Å². The molecule has 0 radical (unpaired) electrons. The van der Waals surface area contributed by atoms with Crippen LogP contribution in [0.15, 0.2) is 36.4 Å². The molecular formula is C20H18F2. The average molecular weight is 296 g/mol. The molecule has 0 saturated carbocycles. The number of rotatable bonds is 1. The van der Waals surface area contributed by atoms with Crippen LogP contribution < -0.4 is 0 Å². The van der Waals surface area contributed by atoms with Crippen LogP contribution in [0.3, 0.4) is 0 Å². The zero-order valence-electron chi connectivity index (χ0n) is 12.6. The highest BCUT2D eigenvalue weighted by atomic mass is 19.1. The van der Waals surface area contributed by atoms with Gasteiger partial charge < -0.3 is 0 Å². The summed E-state index contributed by atoms with van der Waals surface area (Å²) in [6.07, 6.45) is 4.28. The van der Waals surface area contributed by atoms with Gasteiger partial charge in [0.05, 0.1) is 5.56 Å². The lowest BCUT2D eigenvalue weighted by Crippen LogP contribution is -2.14. The van der Waals surface area contributed by atoms with Crippen molar-refractivity contribution in [1.82, 2.24) is 0 Å². The lowest BCUT2D eigenvalue weighted by molar-refractivity contribution is 0.443. The SMILES string of the molecule is CCC1CCc2cc(C#Cc3ccc(F)cc3)c(F)cc2C1. The van der Waals surface area contributed by atoms with Gasteiger partial charge in [-0.3, -0.25) is 0 Å². The fourth-order valence-electron chi connectivity index (χ4n) is 2.97. The Labute approximate surface area is 130 Å². The van der Waals surface area contributed by atoms with Crippen molar-refractivity contribution in [2.75, 3.05) is 0 Å². The van der Waals surface area contributed by atoms with Gasteiger partial charge in [0.2, 0.25) is 0 Å². The Morgan fingerprint density at radius 1 is 1.05 bits per heavy atom. The molecule has 3 rings (SSSR count). The van der Waals surface area contributed by atoms with Gasteiger partial charge in [0.15, 0.2) is 0 Å². The standard InChI is InChI=1S/C20H18F2/c1-2-14-3-7-16-12-17(20(22)13-18(16)11-14)8-4-15-5-9-19(21)10-6-15/h5-6,9-10,12-14H,2-3,7,11H2,1H3. The third-order valence-electron chi connectivity index (χ3n) is 4.38. The largest absolute Gasteiger partial charge is 0.207 e. The Morgan fingerprint density at radius 2 is 1.82 bits per heavy atom. The second kappa shape index (κ2) is 6.32. The number of hydrogen-bond donors (Lipinski definition) is 0. The summed E-state index contributed by atoms with van der Waals surface area (Å²) in [7, 11) is 0. The molecule has 0 aliphatic heterocycles. The number of hydrogen-bond acceptors (Lipinski definition) is 0. The van der Waals surface area contributed by atoms with Gasteiger partial charge in [0, 0.05) is 5.56 Å². The molecule has 0 nitrogen and oxygen atoms in total. The Morgan fingerprint density at radius 3 is 2.55 bits per heavy atom. The van der Waals surface area contributed by atoms with Gasteiger partial charge in [-0.2, -0.15) is 0 Å². The minimum atomic E-state index is -0.295. The second-order valence-electron chi connectivity index (χ2n) is 5.87. The molecule has 1 aliphatic carbocycles. The van der Waals surface area contributed by atoms with E-state index in [1.807, 2.05) is 6.07 Å². The molecule has 2 aromatic rings. The van der Waals surface area contributed by atoms with E-state index < -0.39 is 0 Å². The first-order valence-corrected chi connectivity index (χ1v) is 7.74. The van der Waals surface area contributed by atoms with Crippen LogP contribution in [-0.4, -0.2) is 0 Å². The molecule has 22 heavy (non-hydrogen) atoms. The third kappa shape index (κ3) is 3.20. The van der Waals surface area contributed by atoms with Crippen molar-refractivity contribution >= 4 is 0 Å². The van der Waals surface area contributed by atoms with E-state index in [1.54, 1.807) is 18.2 Å². The predicted octanol–water partition coefficient (Wildman–Crippen LogP) is 4.88. The van der Waals surface area contributed by atoms with E-state index >= 15 is 0 Å². The molecule has 0 fully saturated rings. The van der Waals surface area contributed by atoms with Crippen molar-refractivity contribution in [3.63, 3.8) is 0 Å². The minimum absolute atomic E-state index is 0.259. The predicted molar refractivity (Wildman–Crippen MR) is 84.6 cm³/mol. The molecule has 0 N–H and O–H groups in total. The molecule has 0 aromatic heterocycles. The molecule has 1 aliphatic rings. The zero-order chi connectivity index (χ0) is 15.5. The van der Waals surface area contributed by atoms with Gasteiger partial charge in [-0.15, -0.1) is 0 Å². The van der Waals surface area contributed by atoms with Crippen LogP contribution >= 0.6 is 0 Å². The van der Waals surface area contributed by atoms with Crippen LogP contribution in [0, 0.1) is 29.4 Å². The van der Waals surface area contributed by atoms with E-state index in [-0.39, 0.29) is 11.6 Å². The maximum absolute atomic E-state index is 14.2. The van der Waals surface area contributed by atoms with Crippen LogP contribution in [0.5, 0.6) is 0 Å². The van der Waals surface area contributed by atoms with E-state index in [2.05, 4.69) is 18.8 Å². The van der Waals surface area contributed by atoms with E-state index in [9.17, 15) is 8.78 Å². The second-order valence-corrected chi connectivity index (χ2v) is 5.87. The molecule has 0 heterocycles. The molecule has 0 bridgehead atoms. The summed E-state index contributed by atoms with van der Waals surface area (Å²) in [6, 6.07) is 9.45. The van der Waals surface area contributed by atoms with Gasteiger partial charge >= 0.3 is 0 Å². The summed E-state index contributed by atoms with van der Waals surface area (Å²) >= 11 is 0. The van der Waals surface area contributed by atoms with E-state index in [0.717, 1.165) is 24.8 Å². The van der Waals surface area contributed by atoms with E-state index in [4.69, 9.17) is 0 Å². The lowest BCUT2D eigenvalue weighted by Gasteiger charge is -2.23. The lowest BCUT2D eigenvalue weighted by atomic mass is 9.82. The molecule has 112 valence electrons. The zero-order valence-corrected chi connectivity index (χ0v) is 12.6. The highest BCUT2D eigenvalue weighted by Gasteiger charge is 2.19. The van der Waals surface area contributed by atoms with Crippen LogP contribution in [0.2, 0.25) is 0 Å². The Bertz CT molecular complexity index is 733. The van der Waals surface area contributed by atoms with Crippen LogP contribution in [0.4, 0.5) is 8.78 Å². The highest BCUT2D eigenvalue weighted by molar-refractivity contribution is 5.47. The van der Waals surface area contributed by atoms with Crippen molar-refractivity contribution < 1.29 is 8.78 Å². The van der Waals surface area contributed by atoms with Crippen LogP contribution in [-0.2, 0) is 12.8 Å². The molecule has 0 amide bonds. The first kappa shape index (κ1) is 14.8. The molecular weight excluding hydrogens is 278 g/mol. The monoisotopic (exact) mass is 296 g/mol. The van der Waals surface area contributed by atoms with Crippen molar-refractivity contribution in [3.8, 4) is 11.8 Å². The number of fused-ring (bicyclic) bond motifs is 1. The Balaban J connectivity index is 1.88. The maximum atomic E-state index is 14.2. The smallest absolute Gasteiger partial charge is 0.139 e. The van der Waals surface area contributed by atoms with Gasteiger partial charge in [-0.25, -0.2) is 8.78 Å². The van der Waals surface area contributed by atoms with Crippen LogP contribution in [0.25, 0.3) is 0 Å². The van der Waals surface area contributed by atoms with Gasteiger partial charge in [-0.05, 0) is 72.7 Å². The number of halogens is 2. The first-order chi connectivity index (χ1) is 10.7. The summed E-state index contributed by atoms with van der Waals surface area (Å²) in [5.41, 5.74) is 3.46. The van der Waals surface area contributed by atoms with Gasteiger partial charge in [0.1, 0.15) is 11.6 Å². The normalized spacial score (nSPS) is 16.6. The fourth-order valence-corrected chi connectivity index (χ4v) is 2.97. The first-order valence-electron chi connectivity index (χ1n) is 7.74. The summed E-state index contributed by atoms with van der Waals surface area (Å²) in [5.74, 6) is 5.89. The fraction of sp³-hybridized carbons (Fsp3) is 0.300. The molecule has 0 spiro atoms. The molecule has 2 heteroatoms. The number of aryl methyl sites for hydroxylation is 1. The van der Waals surface area contributed by atoms with Crippen molar-refractivity contribution in [2.45, 2.75) is 32.6 Å². The van der Waals surface area contributed by atoms with Gasteiger partial charge in [0.25, 0.3) is 0 Å². The summed E-state index contributed by atoms with van der Waals surface area (Å²) in [5, 5.41) is 0. The highest BCUT2D eigenvalue weighted by Crippen LogP contribution is 2.29. The van der Waals surface area contributed by atoms with Crippen molar-refractivity contribution in [2.24, 2.45) is 5.92 Å². The summed E-state index contributed by atoms with van der Waals surface area (Å²) in [4.78, 5) is 0. The average Bonchev–Trinajstić information content (AvgIpc) is 2.54. The molecule has 1 unspecified atom stereocenters. The topological polar surface area (TPSA) is 0 Å². The van der Waals surface area contributed by atoms with Gasteiger partial charge in [-0.1, -0.05) is 25.2 Å². The quantitative estimate of drug-likeness (QED) is 0.658. The molecule has 1 atom stereocenters. The van der Waals surface area contributed by atoms with Crippen LogP contribution in [0.1, 0.15) is 42.0 Å². The summed E-state index contributed by atoms with van der Waals surface area (Å²) in [6.45, 7) is 2.19. The molecule has 0 saturated heterocycles. The minimum Gasteiger partial charge on any atom is -0.207 e. The summed E-state index contributed by atoms with van der Waals surface area (Å²) < 4.78 is 27.1. The van der Waals surface area contributed by atoms with Crippen molar-refractivity contribution in [3.05, 3.63) is 70.3 Å².